The monoisotopic (exact) mass is 322 g/mol. The van der Waals surface area contributed by atoms with Gasteiger partial charge in [-0.3, -0.25) is 9.59 Å². The third-order valence-corrected chi connectivity index (χ3v) is 4.48. The normalized spacial score (nSPS) is 13.6. The molecule has 0 aliphatic carbocycles. The molecular weight excluding hydrogens is 304 g/mol. The van der Waals surface area contributed by atoms with E-state index in [1.807, 2.05) is 17.5 Å². The van der Waals surface area contributed by atoms with Crippen LogP contribution in [0.3, 0.4) is 0 Å². The lowest BCUT2D eigenvalue weighted by atomic mass is 9.98. The summed E-state index contributed by atoms with van der Waals surface area (Å²) in [5.41, 5.74) is 1.42. The van der Waals surface area contributed by atoms with Crippen molar-refractivity contribution in [1.82, 2.24) is 10.5 Å². The van der Waals surface area contributed by atoms with Crippen LogP contribution in [0, 0.1) is 13.8 Å². The molecule has 2 aromatic heterocycles. The molecular formula is C15H18N2O4S. The highest BCUT2D eigenvalue weighted by molar-refractivity contribution is 7.10. The molecule has 0 fully saturated rings. The average molecular weight is 322 g/mol. The van der Waals surface area contributed by atoms with Crippen LogP contribution >= 0.6 is 11.3 Å². The minimum atomic E-state index is -0.955. The summed E-state index contributed by atoms with van der Waals surface area (Å²) in [7, 11) is 0. The van der Waals surface area contributed by atoms with Gasteiger partial charge in [0.1, 0.15) is 5.76 Å². The van der Waals surface area contributed by atoms with E-state index in [4.69, 9.17) is 9.63 Å². The molecule has 2 atom stereocenters. The molecule has 0 aliphatic heterocycles. The number of aryl methyl sites for hydroxylation is 2. The molecule has 1 amide bonds. The summed E-state index contributed by atoms with van der Waals surface area (Å²) in [6.07, 6.45) is -0.152. The Bertz CT molecular complexity index is 644. The fourth-order valence-electron chi connectivity index (χ4n) is 2.42. The van der Waals surface area contributed by atoms with Gasteiger partial charge in [-0.25, -0.2) is 0 Å². The van der Waals surface area contributed by atoms with Crippen LogP contribution in [0.25, 0.3) is 0 Å². The fraction of sp³-hybridized carbons (Fsp3) is 0.400. The maximum Gasteiger partial charge on any atom is 0.305 e. The molecule has 2 rings (SSSR count). The smallest absolute Gasteiger partial charge is 0.305 e. The average Bonchev–Trinajstić information content (AvgIpc) is 3.07. The van der Waals surface area contributed by atoms with Crippen molar-refractivity contribution in [2.24, 2.45) is 0 Å². The molecule has 0 spiro atoms. The molecule has 2 aromatic rings. The summed E-state index contributed by atoms with van der Waals surface area (Å²) in [4.78, 5) is 24.3. The first-order valence-corrected chi connectivity index (χ1v) is 7.76. The number of hydrogen-bond acceptors (Lipinski definition) is 5. The lowest BCUT2D eigenvalue weighted by molar-refractivity contribution is -0.137. The Balaban J connectivity index is 2.16. The number of aromatic nitrogens is 1. The number of carboxylic acid groups (broad SMARTS) is 1. The Morgan fingerprint density at radius 2 is 2.18 bits per heavy atom. The van der Waals surface area contributed by atoms with Crippen molar-refractivity contribution in [2.45, 2.75) is 39.2 Å². The standard InChI is InChI=1S/C15H18N2O4S/c1-8(14-9(2)17-21-10(14)3)15(20)16-11(7-13(18)19)12-5-4-6-22-12/h4-6,8,11H,7H2,1-3H3,(H,16,20)(H,18,19)/t8-,11+/m1/s1. The molecule has 22 heavy (non-hydrogen) atoms. The van der Waals surface area contributed by atoms with Crippen LogP contribution < -0.4 is 5.32 Å². The zero-order chi connectivity index (χ0) is 16.3. The topological polar surface area (TPSA) is 92.4 Å². The minimum absolute atomic E-state index is 0.152. The summed E-state index contributed by atoms with van der Waals surface area (Å²) in [6.45, 7) is 5.30. The Morgan fingerprint density at radius 1 is 1.45 bits per heavy atom. The van der Waals surface area contributed by atoms with Crippen LogP contribution in [0.15, 0.2) is 22.0 Å². The number of nitrogens with one attached hydrogen (secondary N) is 1. The molecule has 2 N–H and O–H groups in total. The van der Waals surface area contributed by atoms with Crippen molar-refractivity contribution in [3.63, 3.8) is 0 Å². The van der Waals surface area contributed by atoms with Gasteiger partial charge in [-0.05, 0) is 32.2 Å². The number of aliphatic carboxylic acids is 1. The van der Waals surface area contributed by atoms with Gasteiger partial charge in [0, 0.05) is 10.4 Å². The Kier molecular flexibility index (Phi) is 4.97. The van der Waals surface area contributed by atoms with E-state index in [0.29, 0.717) is 11.5 Å². The third kappa shape index (κ3) is 3.54. The molecule has 0 aliphatic rings. The quantitative estimate of drug-likeness (QED) is 0.853. The molecule has 0 unspecified atom stereocenters. The van der Waals surface area contributed by atoms with Crippen molar-refractivity contribution in [3.8, 4) is 0 Å². The van der Waals surface area contributed by atoms with E-state index in [1.54, 1.807) is 20.8 Å². The Morgan fingerprint density at radius 3 is 2.68 bits per heavy atom. The second-order valence-electron chi connectivity index (χ2n) is 5.13. The van der Waals surface area contributed by atoms with Gasteiger partial charge >= 0.3 is 5.97 Å². The maximum atomic E-state index is 12.5. The SMILES string of the molecule is Cc1noc(C)c1[C@@H](C)C(=O)N[C@@H](CC(=O)O)c1cccs1. The molecule has 0 radical (unpaired) electrons. The van der Waals surface area contributed by atoms with Gasteiger partial charge in [0.2, 0.25) is 5.91 Å². The number of carbonyl (C=O) groups excluding carboxylic acids is 1. The van der Waals surface area contributed by atoms with Gasteiger partial charge in [-0.2, -0.15) is 0 Å². The third-order valence-electron chi connectivity index (χ3n) is 3.50. The number of hydrogen-bond donors (Lipinski definition) is 2. The molecule has 6 nitrogen and oxygen atoms in total. The Labute approximate surface area is 132 Å². The van der Waals surface area contributed by atoms with Crippen molar-refractivity contribution >= 4 is 23.2 Å². The summed E-state index contributed by atoms with van der Waals surface area (Å²) in [6, 6.07) is 3.12. The maximum absolute atomic E-state index is 12.5. The molecule has 0 saturated carbocycles. The van der Waals surface area contributed by atoms with E-state index < -0.39 is 17.9 Å². The Hall–Kier alpha value is -2.15. The lowest BCUT2D eigenvalue weighted by Crippen LogP contribution is -2.33. The first-order valence-electron chi connectivity index (χ1n) is 6.88. The van der Waals surface area contributed by atoms with Gasteiger partial charge in [0.05, 0.1) is 24.1 Å². The van der Waals surface area contributed by atoms with Gasteiger partial charge in [-0.1, -0.05) is 11.2 Å². The highest BCUT2D eigenvalue weighted by atomic mass is 32.1. The summed E-state index contributed by atoms with van der Waals surface area (Å²) >= 11 is 1.42. The fourth-order valence-corrected chi connectivity index (χ4v) is 3.20. The van der Waals surface area contributed by atoms with Crippen molar-refractivity contribution < 1.29 is 19.2 Å². The number of rotatable bonds is 6. The van der Waals surface area contributed by atoms with E-state index in [1.165, 1.54) is 11.3 Å². The molecule has 0 saturated heterocycles. The second kappa shape index (κ2) is 6.74. The highest BCUT2D eigenvalue weighted by Crippen LogP contribution is 2.26. The van der Waals surface area contributed by atoms with E-state index in [-0.39, 0.29) is 12.3 Å². The number of thiophene rings is 1. The van der Waals surface area contributed by atoms with Crippen LogP contribution in [-0.2, 0) is 9.59 Å². The number of carbonyl (C=O) groups is 2. The zero-order valence-corrected chi connectivity index (χ0v) is 13.4. The van der Waals surface area contributed by atoms with Crippen molar-refractivity contribution in [1.29, 1.82) is 0 Å². The predicted octanol–water partition coefficient (Wildman–Crippen LogP) is 2.79. The summed E-state index contributed by atoms with van der Waals surface area (Å²) < 4.78 is 5.09. The molecule has 0 aromatic carbocycles. The van der Waals surface area contributed by atoms with Crippen LogP contribution in [0.4, 0.5) is 0 Å². The molecule has 2 heterocycles. The highest BCUT2D eigenvalue weighted by Gasteiger charge is 2.26. The first kappa shape index (κ1) is 16.2. The zero-order valence-electron chi connectivity index (χ0n) is 12.6. The number of amides is 1. The van der Waals surface area contributed by atoms with Crippen molar-refractivity contribution in [3.05, 3.63) is 39.4 Å². The minimum Gasteiger partial charge on any atom is -0.481 e. The largest absolute Gasteiger partial charge is 0.481 e. The summed E-state index contributed by atoms with van der Waals surface area (Å²) in [5, 5.41) is 17.6. The molecule has 118 valence electrons. The van der Waals surface area contributed by atoms with Crippen LogP contribution in [0.5, 0.6) is 0 Å². The van der Waals surface area contributed by atoms with E-state index in [0.717, 1.165) is 10.4 Å². The first-order chi connectivity index (χ1) is 10.4. The predicted molar refractivity (Wildman–Crippen MR) is 81.8 cm³/mol. The van der Waals surface area contributed by atoms with Gasteiger partial charge in [0.25, 0.3) is 0 Å². The number of carboxylic acids is 1. The lowest BCUT2D eigenvalue weighted by Gasteiger charge is -2.19. The van der Waals surface area contributed by atoms with E-state index >= 15 is 0 Å². The molecule has 0 bridgehead atoms. The van der Waals surface area contributed by atoms with Crippen LogP contribution in [0.2, 0.25) is 0 Å². The summed E-state index contributed by atoms with van der Waals surface area (Å²) in [5.74, 6) is -1.05. The number of nitrogens with zero attached hydrogens (tertiary/aromatic N) is 1. The van der Waals surface area contributed by atoms with Crippen LogP contribution in [-0.4, -0.2) is 22.1 Å². The van der Waals surface area contributed by atoms with Crippen molar-refractivity contribution in [2.75, 3.05) is 0 Å². The molecule has 7 heteroatoms. The van der Waals surface area contributed by atoms with Crippen LogP contribution in [0.1, 0.15) is 47.2 Å². The van der Waals surface area contributed by atoms with Gasteiger partial charge < -0.3 is 14.9 Å². The van der Waals surface area contributed by atoms with E-state index in [2.05, 4.69) is 10.5 Å². The van der Waals surface area contributed by atoms with E-state index in [9.17, 15) is 9.59 Å². The second-order valence-corrected chi connectivity index (χ2v) is 6.11. The van der Waals surface area contributed by atoms with Gasteiger partial charge in [-0.15, -0.1) is 11.3 Å². The van der Waals surface area contributed by atoms with Gasteiger partial charge in [0.15, 0.2) is 0 Å².